The van der Waals surface area contributed by atoms with Crippen LogP contribution in [0.4, 0.5) is 0 Å². The quantitative estimate of drug-likeness (QED) is 0.528. The maximum absolute atomic E-state index is 8.97. The average molecular weight is 301 g/mol. The summed E-state index contributed by atoms with van der Waals surface area (Å²) < 4.78 is 5.75. The zero-order chi connectivity index (χ0) is 15.2. The molecule has 0 atom stereocenters. The summed E-state index contributed by atoms with van der Waals surface area (Å²) in [5.74, 6) is 0.716. The number of aryl methyl sites for hydroxylation is 1. The van der Waals surface area contributed by atoms with Gasteiger partial charge in [-0.2, -0.15) is 5.26 Å². The molecule has 0 radical (unpaired) electrons. The molecule has 106 valence electrons. The second-order valence-electron chi connectivity index (χ2n) is 4.42. The Kier molecular flexibility index (Phi) is 4.81. The summed E-state index contributed by atoms with van der Waals surface area (Å²) in [6.07, 6.45) is 0. The van der Waals surface area contributed by atoms with E-state index in [1.165, 1.54) is 0 Å². The largest absolute Gasteiger partial charge is 0.489 e. The van der Waals surface area contributed by atoms with Crippen LogP contribution in [0.1, 0.15) is 16.7 Å². The molecular formula is C16H13ClN2O2. The van der Waals surface area contributed by atoms with Gasteiger partial charge in [-0.1, -0.05) is 41.0 Å². The Balaban J connectivity index is 2.23. The summed E-state index contributed by atoms with van der Waals surface area (Å²) in [6.45, 7) is 2.17. The highest BCUT2D eigenvalue weighted by atomic mass is 35.5. The lowest BCUT2D eigenvalue weighted by Gasteiger charge is -2.11. The van der Waals surface area contributed by atoms with Gasteiger partial charge in [-0.05, 0) is 36.2 Å². The Morgan fingerprint density at radius 2 is 2.10 bits per heavy atom. The highest BCUT2D eigenvalue weighted by Crippen LogP contribution is 2.23. The van der Waals surface area contributed by atoms with Gasteiger partial charge in [-0.3, -0.25) is 0 Å². The molecule has 21 heavy (non-hydrogen) atoms. The van der Waals surface area contributed by atoms with Crippen molar-refractivity contribution in [3.05, 3.63) is 64.2 Å². The number of ether oxygens (including phenoxy) is 1. The minimum absolute atomic E-state index is 0.0398. The molecule has 0 saturated carbocycles. The Hall–Kier alpha value is -2.51. The monoisotopic (exact) mass is 300 g/mol. The molecule has 2 aromatic rings. The van der Waals surface area contributed by atoms with E-state index in [1.54, 1.807) is 24.3 Å². The summed E-state index contributed by atoms with van der Waals surface area (Å²) in [5, 5.41) is 21.5. The predicted octanol–water partition coefficient (Wildman–Crippen LogP) is 3.93. The molecule has 0 aliphatic rings. The lowest BCUT2D eigenvalue weighted by Crippen LogP contribution is -2.06. The van der Waals surface area contributed by atoms with Crippen LogP contribution in [-0.2, 0) is 6.61 Å². The number of nitriles is 1. The van der Waals surface area contributed by atoms with Gasteiger partial charge in [0.1, 0.15) is 18.4 Å². The third-order valence-electron chi connectivity index (χ3n) is 3.00. The molecule has 0 amide bonds. The zero-order valence-electron chi connectivity index (χ0n) is 11.4. The van der Waals surface area contributed by atoms with Gasteiger partial charge < -0.3 is 9.94 Å². The fraction of sp³-hybridized carbons (Fsp3) is 0.125. The molecule has 0 heterocycles. The lowest BCUT2D eigenvalue weighted by molar-refractivity contribution is 0.303. The standard InChI is InChI=1S/C16H13ClN2O2/c1-11-8-13(17)6-7-16(11)21-10-12-4-2-3-5-14(12)15(9-18)19-20/h2-8,20H,10H2,1H3/b19-15-. The van der Waals surface area contributed by atoms with Crippen LogP contribution in [0.2, 0.25) is 5.02 Å². The van der Waals surface area contributed by atoms with E-state index < -0.39 is 0 Å². The first-order chi connectivity index (χ1) is 10.2. The molecule has 2 aromatic carbocycles. The smallest absolute Gasteiger partial charge is 0.187 e. The van der Waals surface area contributed by atoms with Gasteiger partial charge >= 0.3 is 0 Å². The van der Waals surface area contributed by atoms with Crippen LogP contribution in [0.5, 0.6) is 5.75 Å². The minimum atomic E-state index is -0.0398. The Labute approximate surface area is 127 Å². The molecule has 0 aliphatic carbocycles. The summed E-state index contributed by atoms with van der Waals surface area (Å²) in [5.41, 5.74) is 2.20. The van der Waals surface area contributed by atoms with Crippen molar-refractivity contribution in [2.45, 2.75) is 13.5 Å². The number of rotatable bonds is 4. The van der Waals surface area contributed by atoms with Crippen LogP contribution >= 0.6 is 11.6 Å². The van der Waals surface area contributed by atoms with Crippen LogP contribution in [0.3, 0.4) is 0 Å². The van der Waals surface area contributed by atoms with Crippen LogP contribution in [0.15, 0.2) is 47.6 Å². The zero-order valence-corrected chi connectivity index (χ0v) is 12.1. The molecule has 0 unspecified atom stereocenters. The SMILES string of the molecule is Cc1cc(Cl)ccc1OCc1ccccc1/C(C#N)=N\O. The Bertz CT molecular complexity index is 720. The minimum Gasteiger partial charge on any atom is -0.489 e. The fourth-order valence-electron chi connectivity index (χ4n) is 1.94. The first-order valence-corrected chi connectivity index (χ1v) is 6.63. The lowest BCUT2D eigenvalue weighted by atomic mass is 10.0. The number of hydrogen-bond donors (Lipinski definition) is 1. The maximum Gasteiger partial charge on any atom is 0.187 e. The summed E-state index contributed by atoms with van der Waals surface area (Å²) >= 11 is 5.90. The second-order valence-corrected chi connectivity index (χ2v) is 4.85. The predicted molar refractivity (Wildman–Crippen MR) is 80.9 cm³/mol. The van der Waals surface area contributed by atoms with Crippen LogP contribution in [-0.4, -0.2) is 10.9 Å². The van der Waals surface area contributed by atoms with Crippen molar-refractivity contribution in [2.75, 3.05) is 0 Å². The van der Waals surface area contributed by atoms with Crippen molar-refractivity contribution in [2.24, 2.45) is 5.16 Å². The van der Waals surface area contributed by atoms with Crippen molar-refractivity contribution in [3.63, 3.8) is 0 Å². The van der Waals surface area contributed by atoms with E-state index in [0.29, 0.717) is 16.3 Å². The molecule has 0 aromatic heterocycles. The molecular weight excluding hydrogens is 288 g/mol. The van der Waals surface area contributed by atoms with Gasteiger partial charge in [0.05, 0.1) is 0 Å². The molecule has 4 nitrogen and oxygen atoms in total. The van der Waals surface area contributed by atoms with E-state index in [2.05, 4.69) is 5.16 Å². The van der Waals surface area contributed by atoms with E-state index in [1.807, 2.05) is 31.2 Å². The summed E-state index contributed by atoms with van der Waals surface area (Å²) in [4.78, 5) is 0. The van der Waals surface area contributed by atoms with Gasteiger partial charge in [0.25, 0.3) is 0 Å². The van der Waals surface area contributed by atoms with Crippen LogP contribution < -0.4 is 4.74 Å². The normalized spacial score (nSPS) is 11.0. The average Bonchev–Trinajstić information content (AvgIpc) is 2.49. The number of halogens is 1. The maximum atomic E-state index is 8.97. The van der Waals surface area contributed by atoms with Gasteiger partial charge in [0.2, 0.25) is 0 Å². The third kappa shape index (κ3) is 3.53. The second kappa shape index (κ2) is 6.78. The highest BCUT2D eigenvalue weighted by Gasteiger charge is 2.10. The molecule has 0 spiro atoms. The van der Waals surface area contributed by atoms with Crippen molar-refractivity contribution >= 4 is 17.3 Å². The van der Waals surface area contributed by atoms with Crippen LogP contribution in [0.25, 0.3) is 0 Å². The van der Waals surface area contributed by atoms with Gasteiger partial charge in [-0.25, -0.2) is 0 Å². The molecule has 0 aliphatic heterocycles. The van der Waals surface area contributed by atoms with Crippen LogP contribution in [0, 0.1) is 18.3 Å². The molecule has 1 N–H and O–H groups in total. The van der Waals surface area contributed by atoms with E-state index >= 15 is 0 Å². The van der Waals surface area contributed by atoms with E-state index in [0.717, 1.165) is 11.1 Å². The Morgan fingerprint density at radius 1 is 1.33 bits per heavy atom. The van der Waals surface area contributed by atoms with E-state index in [9.17, 15) is 0 Å². The van der Waals surface area contributed by atoms with E-state index in [4.69, 9.17) is 26.8 Å². The van der Waals surface area contributed by atoms with Crippen molar-refractivity contribution in [3.8, 4) is 11.8 Å². The number of benzene rings is 2. The number of hydrogen-bond acceptors (Lipinski definition) is 4. The molecule has 0 saturated heterocycles. The fourth-order valence-corrected chi connectivity index (χ4v) is 2.17. The van der Waals surface area contributed by atoms with Crippen molar-refractivity contribution in [1.29, 1.82) is 5.26 Å². The van der Waals surface area contributed by atoms with E-state index in [-0.39, 0.29) is 12.3 Å². The summed E-state index contributed by atoms with van der Waals surface area (Å²) in [6, 6.07) is 14.4. The van der Waals surface area contributed by atoms with Gasteiger partial charge in [-0.15, -0.1) is 0 Å². The van der Waals surface area contributed by atoms with Gasteiger partial charge in [0.15, 0.2) is 5.71 Å². The molecule has 0 bridgehead atoms. The molecule has 0 fully saturated rings. The first kappa shape index (κ1) is 14.9. The topological polar surface area (TPSA) is 65.6 Å². The summed E-state index contributed by atoms with van der Waals surface area (Å²) in [7, 11) is 0. The first-order valence-electron chi connectivity index (χ1n) is 6.25. The van der Waals surface area contributed by atoms with Crippen molar-refractivity contribution < 1.29 is 9.94 Å². The third-order valence-corrected chi connectivity index (χ3v) is 3.23. The number of oxime groups is 1. The van der Waals surface area contributed by atoms with Gasteiger partial charge in [0, 0.05) is 10.6 Å². The number of nitrogens with zero attached hydrogens (tertiary/aromatic N) is 2. The molecule has 2 rings (SSSR count). The Morgan fingerprint density at radius 3 is 2.76 bits per heavy atom. The highest BCUT2D eigenvalue weighted by molar-refractivity contribution is 6.30. The molecule has 5 heteroatoms. The van der Waals surface area contributed by atoms with Crippen molar-refractivity contribution in [1.82, 2.24) is 0 Å².